The van der Waals surface area contributed by atoms with Crippen molar-refractivity contribution in [2.24, 2.45) is 7.05 Å². The first kappa shape index (κ1) is 17.9. The van der Waals surface area contributed by atoms with Crippen molar-refractivity contribution in [1.29, 1.82) is 0 Å². The molecule has 2 aromatic heterocycles. The molecule has 26 heavy (non-hydrogen) atoms. The highest BCUT2D eigenvalue weighted by atomic mass is 16.2. The van der Waals surface area contributed by atoms with Crippen LogP contribution < -0.4 is 10.2 Å². The zero-order valence-electron chi connectivity index (χ0n) is 15.8. The molecule has 0 radical (unpaired) electrons. The first-order valence-corrected chi connectivity index (χ1v) is 8.82. The second kappa shape index (κ2) is 7.58. The van der Waals surface area contributed by atoms with Crippen molar-refractivity contribution in [3.8, 4) is 17.1 Å². The van der Waals surface area contributed by atoms with Crippen molar-refractivity contribution >= 4 is 5.91 Å². The predicted molar refractivity (Wildman–Crippen MR) is 103 cm³/mol. The van der Waals surface area contributed by atoms with Gasteiger partial charge in [-0.2, -0.15) is 5.10 Å². The highest BCUT2D eigenvalue weighted by Gasteiger charge is 2.18. The molecule has 0 saturated carbocycles. The monoisotopic (exact) mass is 352 g/mol. The maximum atomic E-state index is 12.8. The number of rotatable bonds is 6. The summed E-state index contributed by atoms with van der Waals surface area (Å²) < 4.78 is 3.72. The number of aromatic nitrogens is 3. The summed E-state index contributed by atoms with van der Waals surface area (Å²) in [4.78, 5) is 14.1. The zero-order valence-corrected chi connectivity index (χ0v) is 15.8. The Morgan fingerprint density at radius 3 is 2.54 bits per heavy atom. The van der Waals surface area contributed by atoms with Crippen molar-refractivity contribution in [3.63, 3.8) is 0 Å². The largest absolute Gasteiger partial charge is 0.349 e. The second-order valence-corrected chi connectivity index (χ2v) is 6.88. The average molecular weight is 352 g/mol. The molecule has 0 aliphatic rings. The van der Waals surface area contributed by atoms with Gasteiger partial charge in [0.1, 0.15) is 11.4 Å². The third-order valence-electron chi connectivity index (χ3n) is 4.34. The molecule has 3 rings (SSSR count). The van der Waals surface area contributed by atoms with Crippen molar-refractivity contribution in [3.05, 3.63) is 59.9 Å². The minimum Gasteiger partial charge on any atom is -0.349 e. The fraction of sp³-hybridized carbons (Fsp3) is 0.300. The SMILES string of the molecule is Cc1ccc(-n2nc(-c3cccn3C)cc2C(=O)NCC[NH+](C)C)cc1. The quantitative estimate of drug-likeness (QED) is 0.697. The number of nitrogens with zero attached hydrogens (tertiary/aromatic N) is 3. The Labute approximate surface area is 154 Å². The van der Waals surface area contributed by atoms with E-state index in [-0.39, 0.29) is 5.91 Å². The predicted octanol–water partition coefficient (Wildman–Crippen LogP) is 1.06. The fourth-order valence-electron chi connectivity index (χ4n) is 2.79. The van der Waals surface area contributed by atoms with Gasteiger partial charge in [-0.25, -0.2) is 4.68 Å². The molecule has 0 saturated heterocycles. The smallest absolute Gasteiger partial charge is 0.270 e. The van der Waals surface area contributed by atoms with Gasteiger partial charge in [0.05, 0.1) is 38.6 Å². The molecule has 0 atom stereocenters. The van der Waals surface area contributed by atoms with Gasteiger partial charge in [0.15, 0.2) is 0 Å². The van der Waals surface area contributed by atoms with Crippen molar-refractivity contribution < 1.29 is 9.69 Å². The van der Waals surface area contributed by atoms with Crippen LogP contribution in [0.2, 0.25) is 0 Å². The van der Waals surface area contributed by atoms with Crippen LogP contribution >= 0.6 is 0 Å². The Morgan fingerprint density at radius 2 is 1.92 bits per heavy atom. The van der Waals surface area contributed by atoms with E-state index in [1.807, 2.05) is 67.2 Å². The van der Waals surface area contributed by atoms with Gasteiger partial charge < -0.3 is 14.8 Å². The molecule has 0 bridgehead atoms. The van der Waals surface area contributed by atoms with E-state index in [1.54, 1.807) is 4.68 Å². The maximum Gasteiger partial charge on any atom is 0.270 e. The molecule has 0 fully saturated rings. The summed E-state index contributed by atoms with van der Waals surface area (Å²) in [7, 11) is 6.10. The van der Waals surface area contributed by atoms with Gasteiger partial charge in [-0.05, 0) is 37.3 Å². The number of nitrogens with one attached hydrogen (secondary N) is 2. The molecular weight excluding hydrogens is 326 g/mol. The number of hydrogen-bond acceptors (Lipinski definition) is 2. The van der Waals surface area contributed by atoms with Crippen LogP contribution in [-0.4, -0.2) is 47.4 Å². The summed E-state index contributed by atoms with van der Waals surface area (Å²) in [6.07, 6.45) is 1.97. The Balaban J connectivity index is 1.97. The number of carbonyl (C=O) groups excluding carboxylic acids is 1. The Kier molecular flexibility index (Phi) is 5.23. The van der Waals surface area contributed by atoms with Crippen LogP contribution in [0.25, 0.3) is 17.1 Å². The maximum absolute atomic E-state index is 12.8. The summed E-state index contributed by atoms with van der Waals surface area (Å²) in [6, 6.07) is 13.8. The second-order valence-electron chi connectivity index (χ2n) is 6.88. The summed E-state index contributed by atoms with van der Waals surface area (Å²) in [5.74, 6) is -0.111. The Hall–Kier alpha value is -2.86. The molecule has 0 aliphatic carbocycles. The van der Waals surface area contributed by atoms with Crippen molar-refractivity contribution in [2.45, 2.75) is 6.92 Å². The number of aryl methyl sites for hydroxylation is 2. The van der Waals surface area contributed by atoms with Gasteiger partial charge in [-0.15, -0.1) is 0 Å². The molecule has 1 amide bonds. The van der Waals surface area contributed by atoms with Crippen molar-refractivity contribution in [2.75, 3.05) is 27.2 Å². The van der Waals surface area contributed by atoms with E-state index in [1.165, 1.54) is 10.5 Å². The molecule has 3 aromatic rings. The normalized spacial score (nSPS) is 11.1. The first-order chi connectivity index (χ1) is 12.5. The minimum atomic E-state index is -0.111. The lowest BCUT2D eigenvalue weighted by atomic mass is 10.2. The van der Waals surface area contributed by atoms with Crippen LogP contribution in [0.4, 0.5) is 0 Å². The van der Waals surface area contributed by atoms with Gasteiger partial charge in [0, 0.05) is 13.2 Å². The lowest BCUT2D eigenvalue weighted by molar-refractivity contribution is -0.856. The molecule has 2 N–H and O–H groups in total. The van der Waals surface area contributed by atoms with E-state index in [4.69, 9.17) is 5.10 Å². The van der Waals surface area contributed by atoms with E-state index in [0.717, 1.165) is 23.6 Å². The number of hydrogen-bond donors (Lipinski definition) is 2. The molecule has 0 aliphatic heterocycles. The number of carbonyl (C=O) groups is 1. The molecule has 136 valence electrons. The summed E-state index contributed by atoms with van der Waals surface area (Å²) in [6.45, 7) is 3.54. The van der Waals surface area contributed by atoms with Crippen molar-refractivity contribution in [1.82, 2.24) is 19.7 Å². The lowest BCUT2D eigenvalue weighted by Crippen LogP contribution is -3.06. The van der Waals surface area contributed by atoms with Crippen LogP contribution in [0.5, 0.6) is 0 Å². The average Bonchev–Trinajstić information content (AvgIpc) is 3.21. The molecule has 1 aromatic carbocycles. The first-order valence-electron chi connectivity index (χ1n) is 8.82. The molecule has 6 nitrogen and oxygen atoms in total. The van der Waals surface area contributed by atoms with Gasteiger partial charge in [0.25, 0.3) is 5.91 Å². The topological polar surface area (TPSA) is 56.3 Å². The summed E-state index contributed by atoms with van der Waals surface area (Å²) in [5.41, 5.74) is 4.34. The van der Waals surface area contributed by atoms with Gasteiger partial charge in [0.2, 0.25) is 0 Å². The number of benzene rings is 1. The van der Waals surface area contributed by atoms with E-state index in [2.05, 4.69) is 19.4 Å². The molecule has 2 heterocycles. The van der Waals surface area contributed by atoms with Crippen LogP contribution in [-0.2, 0) is 7.05 Å². The Morgan fingerprint density at radius 1 is 1.19 bits per heavy atom. The van der Waals surface area contributed by atoms with E-state index < -0.39 is 0 Å². The third-order valence-corrected chi connectivity index (χ3v) is 4.34. The highest BCUT2D eigenvalue weighted by Crippen LogP contribution is 2.22. The van der Waals surface area contributed by atoms with E-state index in [0.29, 0.717) is 12.2 Å². The van der Waals surface area contributed by atoms with E-state index in [9.17, 15) is 4.79 Å². The third kappa shape index (κ3) is 3.86. The van der Waals surface area contributed by atoms with Gasteiger partial charge in [-0.3, -0.25) is 4.79 Å². The van der Waals surface area contributed by atoms with Crippen LogP contribution in [0.1, 0.15) is 16.1 Å². The Bertz CT molecular complexity index is 889. The lowest BCUT2D eigenvalue weighted by Gasteiger charge is -2.10. The molecule has 6 heteroatoms. The van der Waals surface area contributed by atoms with E-state index >= 15 is 0 Å². The fourth-order valence-corrected chi connectivity index (χ4v) is 2.79. The number of quaternary nitrogens is 1. The standard InChI is InChI=1S/C20H25N5O/c1-15-7-9-16(10-8-15)25-19(20(26)21-11-13-23(2)3)14-17(22-25)18-6-5-12-24(18)4/h5-10,12,14H,11,13H2,1-4H3,(H,21,26)/p+1. The highest BCUT2D eigenvalue weighted by molar-refractivity contribution is 5.94. The number of amides is 1. The molecular formula is C20H26N5O+. The molecule has 0 spiro atoms. The van der Waals surface area contributed by atoms with Crippen LogP contribution in [0, 0.1) is 6.92 Å². The van der Waals surface area contributed by atoms with Crippen LogP contribution in [0.3, 0.4) is 0 Å². The van der Waals surface area contributed by atoms with Gasteiger partial charge >= 0.3 is 0 Å². The molecule has 0 unspecified atom stereocenters. The summed E-state index contributed by atoms with van der Waals surface area (Å²) in [5, 5.41) is 7.71. The summed E-state index contributed by atoms with van der Waals surface area (Å²) >= 11 is 0. The zero-order chi connectivity index (χ0) is 18.7. The van der Waals surface area contributed by atoms with Gasteiger partial charge in [-0.1, -0.05) is 17.7 Å². The number of likely N-dealkylation sites (N-methyl/N-ethyl adjacent to an activating group) is 1. The van der Waals surface area contributed by atoms with Crippen LogP contribution in [0.15, 0.2) is 48.7 Å². The minimum absolute atomic E-state index is 0.111.